The third-order valence-electron chi connectivity index (χ3n) is 4.54. The van der Waals surface area contributed by atoms with Gasteiger partial charge in [0, 0.05) is 23.8 Å². The first kappa shape index (κ1) is 12.3. The largest absolute Gasteiger partial charge is 0.215 e. The zero-order valence-electron chi connectivity index (χ0n) is 12.4. The van der Waals surface area contributed by atoms with E-state index in [2.05, 4.69) is 91.3 Å². The van der Waals surface area contributed by atoms with Gasteiger partial charge in [0.1, 0.15) is 0 Å². The number of benzene rings is 2. The summed E-state index contributed by atoms with van der Waals surface area (Å²) in [6, 6.07) is 23.8. The van der Waals surface area contributed by atoms with Crippen LogP contribution in [0.2, 0.25) is 0 Å². The normalized spacial score (nSPS) is 14.6. The maximum Gasteiger partial charge on any atom is 0.215 e. The van der Waals surface area contributed by atoms with Crippen LogP contribution in [-0.2, 0) is 5.41 Å². The second-order valence-electron chi connectivity index (χ2n) is 6.18. The van der Waals surface area contributed by atoms with Crippen molar-refractivity contribution in [1.82, 2.24) is 0 Å². The van der Waals surface area contributed by atoms with Gasteiger partial charge in [-0.15, -0.1) is 0 Å². The summed E-state index contributed by atoms with van der Waals surface area (Å²) in [6.07, 6.45) is 2.20. The third kappa shape index (κ3) is 1.74. The first-order valence-corrected chi connectivity index (χ1v) is 7.39. The van der Waals surface area contributed by atoms with Crippen LogP contribution in [0.4, 0.5) is 0 Å². The first-order chi connectivity index (χ1) is 10.2. The van der Waals surface area contributed by atoms with Crippen molar-refractivity contribution in [3.8, 4) is 16.8 Å². The van der Waals surface area contributed by atoms with Gasteiger partial charge in [-0.3, -0.25) is 0 Å². The van der Waals surface area contributed by atoms with Gasteiger partial charge in [0.25, 0.3) is 0 Å². The van der Waals surface area contributed by atoms with Crippen molar-refractivity contribution in [2.45, 2.75) is 19.3 Å². The van der Waals surface area contributed by atoms with E-state index in [0.29, 0.717) is 0 Å². The molecule has 3 aromatic rings. The second-order valence-corrected chi connectivity index (χ2v) is 6.18. The fraction of sp³-hybridized carbons (Fsp3) is 0.150. The van der Waals surface area contributed by atoms with Crippen LogP contribution >= 0.6 is 0 Å². The number of aromatic nitrogens is 1. The van der Waals surface area contributed by atoms with Gasteiger partial charge in [-0.25, -0.2) is 0 Å². The van der Waals surface area contributed by atoms with Crippen LogP contribution in [0.25, 0.3) is 16.8 Å². The predicted molar refractivity (Wildman–Crippen MR) is 85.5 cm³/mol. The van der Waals surface area contributed by atoms with Gasteiger partial charge in [0.05, 0.1) is 5.41 Å². The van der Waals surface area contributed by atoms with E-state index in [1.54, 1.807) is 0 Å². The van der Waals surface area contributed by atoms with E-state index < -0.39 is 0 Å². The van der Waals surface area contributed by atoms with Gasteiger partial charge < -0.3 is 0 Å². The molecular weight excluding hydrogens is 254 g/mol. The maximum absolute atomic E-state index is 2.33. The highest BCUT2D eigenvalue weighted by atomic mass is 15.0. The molecule has 0 unspecified atom stereocenters. The van der Waals surface area contributed by atoms with E-state index in [9.17, 15) is 0 Å². The van der Waals surface area contributed by atoms with Crippen LogP contribution in [-0.4, -0.2) is 0 Å². The minimum absolute atomic E-state index is 0.0430. The van der Waals surface area contributed by atoms with Gasteiger partial charge >= 0.3 is 0 Å². The molecule has 1 heteroatoms. The average Bonchev–Trinajstić information content (AvgIpc) is 2.77. The number of fused-ring (bicyclic) bond motifs is 3. The van der Waals surface area contributed by atoms with Crippen LogP contribution < -0.4 is 4.57 Å². The molecule has 21 heavy (non-hydrogen) atoms. The summed E-state index contributed by atoms with van der Waals surface area (Å²) in [5.74, 6) is 0. The lowest BCUT2D eigenvalue weighted by molar-refractivity contribution is -0.599. The van der Waals surface area contributed by atoms with Crippen molar-refractivity contribution in [1.29, 1.82) is 0 Å². The number of hydrogen-bond acceptors (Lipinski definition) is 0. The molecule has 1 nitrogen and oxygen atoms in total. The molecule has 4 rings (SSSR count). The fourth-order valence-corrected chi connectivity index (χ4v) is 3.35. The average molecular weight is 272 g/mol. The molecule has 0 radical (unpaired) electrons. The van der Waals surface area contributed by atoms with Crippen molar-refractivity contribution >= 4 is 0 Å². The van der Waals surface area contributed by atoms with Gasteiger partial charge in [-0.05, 0) is 25.0 Å². The van der Waals surface area contributed by atoms with E-state index >= 15 is 0 Å². The third-order valence-corrected chi connectivity index (χ3v) is 4.54. The first-order valence-electron chi connectivity index (χ1n) is 7.39. The summed E-state index contributed by atoms with van der Waals surface area (Å²) in [6.45, 7) is 4.61. The fourth-order valence-electron chi connectivity index (χ4n) is 3.35. The number of rotatable bonds is 1. The summed E-state index contributed by atoms with van der Waals surface area (Å²) < 4.78 is 2.32. The molecule has 0 fully saturated rings. The number of para-hydroxylation sites is 1. The van der Waals surface area contributed by atoms with Crippen LogP contribution in [0.1, 0.15) is 25.1 Å². The Morgan fingerprint density at radius 3 is 2.29 bits per heavy atom. The highest BCUT2D eigenvalue weighted by Gasteiger charge is 2.43. The highest BCUT2D eigenvalue weighted by Crippen LogP contribution is 2.38. The Hall–Kier alpha value is -2.41. The van der Waals surface area contributed by atoms with E-state index in [1.807, 2.05) is 0 Å². The van der Waals surface area contributed by atoms with E-state index in [4.69, 9.17) is 0 Å². The number of nitrogens with zero attached hydrogens (tertiary/aromatic N) is 1. The van der Waals surface area contributed by atoms with E-state index in [0.717, 1.165) is 0 Å². The van der Waals surface area contributed by atoms with Crippen molar-refractivity contribution in [2.24, 2.45) is 0 Å². The molecule has 102 valence electrons. The molecule has 0 atom stereocenters. The van der Waals surface area contributed by atoms with Gasteiger partial charge in [-0.1, -0.05) is 48.5 Å². The van der Waals surface area contributed by atoms with Crippen molar-refractivity contribution in [2.75, 3.05) is 0 Å². The molecule has 0 spiro atoms. The highest BCUT2D eigenvalue weighted by molar-refractivity contribution is 5.64. The Balaban J connectivity index is 1.94. The molecule has 1 aliphatic heterocycles. The molecule has 0 N–H and O–H groups in total. The van der Waals surface area contributed by atoms with Gasteiger partial charge in [0.2, 0.25) is 5.69 Å². The quantitative estimate of drug-likeness (QED) is 0.582. The molecule has 0 saturated carbocycles. The van der Waals surface area contributed by atoms with Crippen LogP contribution in [0.3, 0.4) is 0 Å². The molecule has 2 heterocycles. The molecule has 1 aromatic heterocycles. The lowest BCUT2D eigenvalue weighted by atomic mass is 9.82. The molecule has 0 saturated heterocycles. The van der Waals surface area contributed by atoms with Crippen molar-refractivity contribution < 1.29 is 4.57 Å². The molecular formula is C20H18N+. The summed E-state index contributed by atoms with van der Waals surface area (Å²) in [4.78, 5) is 0. The standard InChI is InChI=1S/C20H18N/c1-20(2)17-10-6-7-11-18(17)21-13-12-16(14-19(20)21)15-8-4-3-5-9-15/h3-14H,1-2H3/q+1. The monoisotopic (exact) mass is 272 g/mol. The maximum atomic E-state index is 2.33. The van der Waals surface area contributed by atoms with Gasteiger partial charge in [0.15, 0.2) is 11.9 Å². The number of hydrogen-bond donors (Lipinski definition) is 0. The van der Waals surface area contributed by atoms with Crippen molar-refractivity contribution in [3.05, 3.63) is 84.2 Å². The second kappa shape index (κ2) is 4.29. The lowest BCUT2D eigenvalue weighted by Crippen LogP contribution is -2.34. The van der Waals surface area contributed by atoms with Crippen LogP contribution in [0, 0.1) is 0 Å². The molecule has 0 bridgehead atoms. The number of pyridine rings is 1. The van der Waals surface area contributed by atoms with E-state index in [1.165, 1.54) is 28.1 Å². The topological polar surface area (TPSA) is 3.88 Å². The molecule has 1 aliphatic rings. The Labute approximate surface area is 125 Å². The van der Waals surface area contributed by atoms with Crippen LogP contribution in [0.5, 0.6) is 0 Å². The SMILES string of the molecule is CC1(C)c2ccccc2-[n+]2ccc(-c3ccccc3)cc21. The minimum atomic E-state index is 0.0430. The summed E-state index contributed by atoms with van der Waals surface area (Å²) in [7, 11) is 0. The Morgan fingerprint density at radius 2 is 1.48 bits per heavy atom. The smallest absolute Gasteiger partial charge is 0.163 e. The Bertz CT molecular complexity index is 816. The molecule has 0 aliphatic carbocycles. The van der Waals surface area contributed by atoms with Crippen molar-refractivity contribution in [3.63, 3.8) is 0 Å². The van der Waals surface area contributed by atoms with Gasteiger partial charge in [-0.2, -0.15) is 4.57 Å². The van der Waals surface area contributed by atoms with Crippen LogP contribution in [0.15, 0.2) is 72.9 Å². The molecule has 0 amide bonds. The summed E-state index contributed by atoms with van der Waals surface area (Å²) in [5.41, 5.74) is 6.65. The minimum Gasteiger partial charge on any atom is -0.163 e. The Kier molecular flexibility index (Phi) is 2.52. The predicted octanol–water partition coefficient (Wildman–Crippen LogP) is 4.27. The lowest BCUT2D eigenvalue weighted by Gasteiger charge is -2.14. The summed E-state index contributed by atoms with van der Waals surface area (Å²) in [5, 5.41) is 0. The summed E-state index contributed by atoms with van der Waals surface area (Å²) >= 11 is 0. The Morgan fingerprint density at radius 1 is 0.762 bits per heavy atom. The molecule has 2 aromatic carbocycles. The zero-order valence-corrected chi connectivity index (χ0v) is 12.4. The van der Waals surface area contributed by atoms with E-state index in [-0.39, 0.29) is 5.41 Å². The zero-order chi connectivity index (χ0) is 14.4.